The predicted octanol–water partition coefficient (Wildman–Crippen LogP) is 3.94. The Labute approximate surface area is 177 Å². The second-order valence-electron chi connectivity index (χ2n) is 8.53. The average Bonchev–Trinajstić information content (AvgIpc) is 3.16. The molecule has 7 heteroatoms. The lowest BCUT2D eigenvalue weighted by Crippen LogP contribution is -2.46. The minimum Gasteiger partial charge on any atom is -0.242 e. The van der Waals surface area contributed by atoms with Crippen LogP contribution in [0.1, 0.15) is 50.8 Å². The Morgan fingerprint density at radius 1 is 1.07 bits per heavy atom. The Hall–Kier alpha value is -1.54. The summed E-state index contributed by atoms with van der Waals surface area (Å²) in [7, 11) is -4.96. The average molecular weight is 435 g/mol. The molecule has 2 aromatic rings. The van der Waals surface area contributed by atoms with Crippen molar-refractivity contribution >= 4 is 21.0 Å². The third kappa shape index (κ3) is 4.97. The molecule has 1 aliphatic heterocycles. The Morgan fingerprint density at radius 2 is 1.69 bits per heavy atom. The molecule has 158 valence electrons. The molecule has 0 spiro atoms. The first-order chi connectivity index (χ1) is 13.6. The molecule has 1 heterocycles. The van der Waals surface area contributed by atoms with E-state index in [1.807, 2.05) is 70.2 Å². The van der Waals surface area contributed by atoms with Gasteiger partial charge in [0.25, 0.3) is 0 Å². The Bertz CT molecular complexity index is 952. The molecule has 0 aromatic heterocycles. The third-order valence-electron chi connectivity index (χ3n) is 5.21. The number of sulfonamides is 1. The number of nitrogens with one attached hydrogen (secondary N) is 1. The molecule has 0 bridgehead atoms. The lowest BCUT2D eigenvalue weighted by atomic mass is 9.99. The normalized spacial score (nSPS) is 20.5. The van der Waals surface area contributed by atoms with Gasteiger partial charge in [-0.15, -0.1) is 0 Å². The molecule has 29 heavy (non-hydrogen) atoms. The van der Waals surface area contributed by atoms with Gasteiger partial charge in [0, 0.05) is 12.6 Å². The zero-order chi connectivity index (χ0) is 21.2. The van der Waals surface area contributed by atoms with Crippen molar-refractivity contribution in [2.24, 2.45) is 0 Å². The monoisotopic (exact) mass is 434 g/mol. The van der Waals surface area contributed by atoms with E-state index in [0.717, 1.165) is 24.0 Å². The number of hydrogen-bond acceptors (Lipinski definition) is 3. The molecule has 3 atom stereocenters. The maximum absolute atomic E-state index is 13.4. The zero-order valence-electron chi connectivity index (χ0n) is 17.5. The lowest BCUT2D eigenvalue weighted by molar-refractivity contribution is 0.330. The lowest BCUT2D eigenvalue weighted by Gasteiger charge is -2.33. The molecule has 2 aromatic carbocycles. The molecule has 1 saturated heterocycles. The summed E-state index contributed by atoms with van der Waals surface area (Å²) < 4.78 is 44.1. The Kier molecular flexibility index (Phi) is 6.63. The minimum absolute atomic E-state index is 0.296. The highest BCUT2D eigenvalue weighted by molar-refractivity contribution is 7.89. The first-order valence-corrected chi connectivity index (χ1v) is 12.5. The largest absolute Gasteiger partial charge is 0.243 e. The fraction of sp³-hybridized carbons (Fsp3) is 0.455. The molecule has 3 rings (SSSR count). The number of hydrogen-bond donors (Lipinski definition) is 1. The topological polar surface area (TPSA) is 66.5 Å². The number of benzene rings is 2. The fourth-order valence-electron chi connectivity index (χ4n) is 3.56. The van der Waals surface area contributed by atoms with Crippen LogP contribution < -0.4 is 4.72 Å². The van der Waals surface area contributed by atoms with Crippen molar-refractivity contribution in [1.82, 2.24) is 9.03 Å². The summed E-state index contributed by atoms with van der Waals surface area (Å²) in [6.45, 7) is 8.13. The van der Waals surface area contributed by atoms with E-state index >= 15 is 0 Å². The van der Waals surface area contributed by atoms with Gasteiger partial charge in [-0.1, -0.05) is 48.0 Å². The van der Waals surface area contributed by atoms with Crippen LogP contribution in [-0.4, -0.2) is 34.3 Å². The van der Waals surface area contributed by atoms with Crippen LogP contribution in [0.3, 0.4) is 0 Å². The van der Waals surface area contributed by atoms with E-state index in [-0.39, 0.29) is 12.1 Å². The van der Waals surface area contributed by atoms with E-state index in [2.05, 4.69) is 4.72 Å². The molecule has 1 fully saturated rings. The van der Waals surface area contributed by atoms with Gasteiger partial charge in [-0.2, -0.15) is 4.31 Å². The van der Waals surface area contributed by atoms with Gasteiger partial charge in [0.1, 0.15) is 0 Å². The highest BCUT2D eigenvalue weighted by Gasteiger charge is 2.41. The fourth-order valence-corrected chi connectivity index (χ4v) is 6.15. The van der Waals surface area contributed by atoms with Crippen molar-refractivity contribution in [3.05, 3.63) is 65.7 Å². The molecule has 0 radical (unpaired) electrons. The quantitative estimate of drug-likeness (QED) is 0.749. The van der Waals surface area contributed by atoms with Gasteiger partial charge in [0.15, 0.2) is 0 Å². The Balaban J connectivity index is 1.98. The number of nitrogens with zero attached hydrogens (tertiary/aromatic N) is 1. The first kappa shape index (κ1) is 22.2. The van der Waals surface area contributed by atoms with Crippen LogP contribution in [0.2, 0.25) is 0 Å². The zero-order valence-corrected chi connectivity index (χ0v) is 19.1. The molecule has 1 unspecified atom stereocenters. The summed E-state index contributed by atoms with van der Waals surface area (Å²) in [5, 5.41) is 0. The van der Waals surface area contributed by atoms with Crippen LogP contribution in [-0.2, 0) is 21.0 Å². The van der Waals surface area contributed by atoms with Crippen molar-refractivity contribution in [1.29, 1.82) is 0 Å². The summed E-state index contributed by atoms with van der Waals surface area (Å²) in [5.74, 6) is 0. The molecule has 1 N–H and O–H groups in total. The van der Waals surface area contributed by atoms with Gasteiger partial charge >= 0.3 is 0 Å². The van der Waals surface area contributed by atoms with E-state index in [0.29, 0.717) is 11.4 Å². The van der Waals surface area contributed by atoms with Crippen molar-refractivity contribution in [2.75, 3.05) is 6.54 Å². The van der Waals surface area contributed by atoms with Crippen molar-refractivity contribution < 1.29 is 12.6 Å². The van der Waals surface area contributed by atoms with Crippen molar-refractivity contribution in [3.63, 3.8) is 0 Å². The molecule has 0 saturated carbocycles. The smallest absolute Gasteiger partial charge is 0.242 e. The predicted molar refractivity (Wildman–Crippen MR) is 118 cm³/mol. The van der Waals surface area contributed by atoms with E-state index in [1.54, 1.807) is 16.4 Å². The summed E-state index contributed by atoms with van der Waals surface area (Å²) in [6.07, 6.45) is 1.50. The molecule has 0 aliphatic carbocycles. The summed E-state index contributed by atoms with van der Waals surface area (Å²) in [5.41, 5.74) is 1.97. The maximum Gasteiger partial charge on any atom is 0.243 e. The summed E-state index contributed by atoms with van der Waals surface area (Å²) in [6, 6.07) is 16.0. The second-order valence-corrected chi connectivity index (χ2v) is 12.4. The van der Waals surface area contributed by atoms with E-state index in [9.17, 15) is 12.6 Å². The van der Waals surface area contributed by atoms with E-state index < -0.39 is 25.8 Å². The van der Waals surface area contributed by atoms with Crippen LogP contribution in [0.25, 0.3) is 0 Å². The standard InChI is InChI=1S/C22H30N2O3S2/c1-17-12-14-19(15-13-17)29(26,27)24-16-8-11-20(24)21(18-9-6-5-7-10-18)23-28(25)22(2,3)4/h5-7,9-10,12-15,20-21,23H,8,11,16H2,1-4H3/t20-,21+,28?/m1/s1. The van der Waals surface area contributed by atoms with E-state index in [1.165, 1.54) is 0 Å². The van der Waals surface area contributed by atoms with Crippen LogP contribution in [0.5, 0.6) is 0 Å². The van der Waals surface area contributed by atoms with E-state index in [4.69, 9.17) is 0 Å². The highest BCUT2D eigenvalue weighted by Crippen LogP contribution is 2.34. The molecule has 1 aliphatic rings. The van der Waals surface area contributed by atoms with Gasteiger partial charge < -0.3 is 0 Å². The number of rotatable bonds is 6. The van der Waals surface area contributed by atoms with Gasteiger partial charge in [0.05, 0.1) is 26.7 Å². The molecule has 5 nitrogen and oxygen atoms in total. The van der Waals surface area contributed by atoms with Crippen molar-refractivity contribution in [3.8, 4) is 0 Å². The second kappa shape index (κ2) is 8.68. The van der Waals surface area contributed by atoms with Crippen LogP contribution in [0.4, 0.5) is 0 Å². The van der Waals surface area contributed by atoms with Crippen LogP contribution in [0.15, 0.2) is 59.5 Å². The molecular weight excluding hydrogens is 404 g/mol. The van der Waals surface area contributed by atoms with Gasteiger partial charge in [-0.3, -0.25) is 0 Å². The Morgan fingerprint density at radius 3 is 2.28 bits per heavy atom. The van der Waals surface area contributed by atoms with Crippen LogP contribution in [0, 0.1) is 6.92 Å². The summed E-state index contributed by atoms with van der Waals surface area (Å²) in [4.78, 5) is 0.304. The minimum atomic E-state index is -3.63. The van der Waals surface area contributed by atoms with Gasteiger partial charge in [0.2, 0.25) is 10.0 Å². The van der Waals surface area contributed by atoms with Gasteiger partial charge in [-0.05, 0) is 58.2 Å². The highest BCUT2D eigenvalue weighted by atomic mass is 32.2. The summed E-state index contributed by atoms with van der Waals surface area (Å²) >= 11 is 0. The maximum atomic E-state index is 13.4. The molecule has 0 amide bonds. The third-order valence-corrected chi connectivity index (χ3v) is 8.73. The SMILES string of the molecule is Cc1ccc(S(=O)(=O)N2CCC[C@@H]2[C@@H](NS(=O)C(C)(C)C)c2ccccc2)cc1. The van der Waals surface area contributed by atoms with Crippen molar-refractivity contribution in [2.45, 2.75) is 62.3 Å². The first-order valence-electron chi connectivity index (χ1n) is 9.92. The molecular formula is C22H30N2O3S2. The number of aryl methyl sites for hydroxylation is 1. The van der Waals surface area contributed by atoms with Gasteiger partial charge in [-0.25, -0.2) is 17.3 Å². The van der Waals surface area contributed by atoms with Crippen LogP contribution >= 0.6 is 0 Å².